The van der Waals surface area contributed by atoms with Gasteiger partial charge in [0.25, 0.3) is 0 Å². The van der Waals surface area contributed by atoms with Gasteiger partial charge in [0, 0.05) is 10.2 Å². The van der Waals surface area contributed by atoms with Crippen LogP contribution in [0.3, 0.4) is 0 Å². The van der Waals surface area contributed by atoms with E-state index in [9.17, 15) is 9.59 Å². The fourth-order valence-electron chi connectivity index (χ4n) is 1.96. The predicted molar refractivity (Wildman–Crippen MR) is 70.4 cm³/mol. The zero-order valence-corrected chi connectivity index (χ0v) is 11.2. The van der Waals surface area contributed by atoms with E-state index >= 15 is 0 Å². The van der Waals surface area contributed by atoms with Crippen LogP contribution in [0.4, 0.5) is 4.79 Å². The molecule has 18 heavy (non-hydrogen) atoms. The standard InChI is InChI=1S/C12H12BrN3O2/c1-6-9(11(14)17)10(16-12(18)15-6)7-3-2-4-8(13)5-7/h2-5,10H,1H3,(H2,14,17)(H2,15,16,18)/t10-/m1/s1. The van der Waals surface area contributed by atoms with Gasteiger partial charge >= 0.3 is 6.03 Å². The van der Waals surface area contributed by atoms with Crippen molar-refractivity contribution in [2.24, 2.45) is 5.73 Å². The monoisotopic (exact) mass is 309 g/mol. The van der Waals surface area contributed by atoms with Crippen molar-refractivity contribution in [1.82, 2.24) is 10.6 Å². The van der Waals surface area contributed by atoms with Crippen molar-refractivity contribution in [3.05, 3.63) is 45.6 Å². The van der Waals surface area contributed by atoms with E-state index in [1.54, 1.807) is 6.92 Å². The Labute approximate surface area is 113 Å². The summed E-state index contributed by atoms with van der Waals surface area (Å²) in [5.41, 5.74) is 7.02. The Morgan fingerprint density at radius 3 is 2.78 bits per heavy atom. The summed E-state index contributed by atoms with van der Waals surface area (Å²) in [6.45, 7) is 1.66. The first kappa shape index (κ1) is 12.6. The molecule has 1 aliphatic heterocycles. The molecule has 0 spiro atoms. The molecule has 0 bridgehead atoms. The van der Waals surface area contributed by atoms with Gasteiger partial charge in [0.05, 0.1) is 11.6 Å². The molecule has 3 amide bonds. The summed E-state index contributed by atoms with van der Waals surface area (Å²) in [4.78, 5) is 23.0. The molecule has 0 aromatic heterocycles. The van der Waals surface area contributed by atoms with Crippen LogP contribution < -0.4 is 16.4 Å². The number of carbonyl (C=O) groups is 2. The SMILES string of the molecule is CC1=C(C(N)=O)[C@@H](c2cccc(Br)c2)NC(=O)N1. The van der Waals surface area contributed by atoms with Crippen molar-refractivity contribution in [3.63, 3.8) is 0 Å². The second-order valence-corrected chi connectivity index (χ2v) is 4.91. The summed E-state index contributed by atoms with van der Waals surface area (Å²) in [7, 11) is 0. The Morgan fingerprint density at radius 1 is 1.44 bits per heavy atom. The van der Waals surface area contributed by atoms with Crippen molar-refractivity contribution < 1.29 is 9.59 Å². The Kier molecular flexibility index (Phi) is 3.38. The lowest BCUT2D eigenvalue weighted by atomic mass is 9.95. The number of hydrogen-bond acceptors (Lipinski definition) is 2. The van der Waals surface area contributed by atoms with E-state index in [0.29, 0.717) is 11.3 Å². The van der Waals surface area contributed by atoms with Gasteiger partial charge in [0.2, 0.25) is 5.91 Å². The number of amides is 3. The number of nitrogens with one attached hydrogen (secondary N) is 2. The van der Waals surface area contributed by atoms with E-state index in [1.807, 2.05) is 24.3 Å². The number of rotatable bonds is 2. The zero-order valence-electron chi connectivity index (χ0n) is 9.66. The summed E-state index contributed by atoms with van der Waals surface area (Å²) in [6, 6.07) is 6.51. The first-order valence-electron chi connectivity index (χ1n) is 5.32. The van der Waals surface area contributed by atoms with Gasteiger partial charge in [-0.05, 0) is 24.6 Å². The van der Waals surface area contributed by atoms with E-state index in [4.69, 9.17) is 5.73 Å². The van der Waals surface area contributed by atoms with Gasteiger partial charge in [-0.2, -0.15) is 0 Å². The zero-order chi connectivity index (χ0) is 13.3. The third-order valence-electron chi connectivity index (χ3n) is 2.72. The molecule has 4 N–H and O–H groups in total. The Balaban J connectivity index is 2.50. The molecule has 0 unspecified atom stereocenters. The molecule has 0 saturated heterocycles. The molecule has 1 aromatic carbocycles. The molecule has 1 aromatic rings. The van der Waals surface area contributed by atoms with E-state index < -0.39 is 11.9 Å². The lowest BCUT2D eigenvalue weighted by Gasteiger charge is -2.27. The molecule has 5 nitrogen and oxygen atoms in total. The second kappa shape index (κ2) is 4.81. The van der Waals surface area contributed by atoms with Gasteiger partial charge in [-0.1, -0.05) is 28.1 Å². The van der Waals surface area contributed by atoms with Crippen LogP contribution in [0.15, 0.2) is 40.0 Å². The fourth-order valence-corrected chi connectivity index (χ4v) is 2.37. The molecule has 6 heteroatoms. The molecular weight excluding hydrogens is 298 g/mol. The van der Waals surface area contributed by atoms with Crippen LogP contribution in [-0.4, -0.2) is 11.9 Å². The number of hydrogen-bond donors (Lipinski definition) is 3. The average Bonchev–Trinajstić information content (AvgIpc) is 2.27. The Hall–Kier alpha value is -1.82. The van der Waals surface area contributed by atoms with Crippen LogP contribution in [0.2, 0.25) is 0 Å². The smallest absolute Gasteiger partial charge is 0.319 e. The van der Waals surface area contributed by atoms with Crippen LogP contribution >= 0.6 is 15.9 Å². The third kappa shape index (κ3) is 2.38. The van der Waals surface area contributed by atoms with Crippen LogP contribution in [0, 0.1) is 0 Å². The summed E-state index contributed by atoms with van der Waals surface area (Å²) in [6.07, 6.45) is 0. The van der Waals surface area contributed by atoms with Gasteiger partial charge in [-0.25, -0.2) is 4.79 Å². The summed E-state index contributed by atoms with van der Waals surface area (Å²) < 4.78 is 0.870. The number of benzene rings is 1. The van der Waals surface area contributed by atoms with E-state index in [2.05, 4.69) is 26.6 Å². The minimum absolute atomic E-state index is 0.345. The molecular formula is C12H12BrN3O2. The lowest BCUT2D eigenvalue weighted by molar-refractivity contribution is -0.115. The van der Waals surface area contributed by atoms with Crippen molar-refractivity contribution in [3.8, 4) is 0 Å². The molecule has 0 fully saturated rings. The van der Waals surface area contributed by atoms with Crippen LogP contribution in [0.25, 0.3) is 0 Å². The molecule has 0 radical (unpaired) electrons. The van der Waals surface area contributed by atoms with E-state index in [-0.39, 0.29) is 6.03 Å². The highest BCUT2D eigenvalue weighted by molar-refractivity contribution is 9.10. The Bertz CT molecular complexity index is 554. The van der Waals surface area contributed by atoms with Crippen LogP contribution in [0.5, 0.6) is 0 Å². The summed E-state index contributed by atoms with van der Waals surface area (Å²) >= 11 is 3.36. The fraction of sp³-hybridized carbons (Fsp3) is 0.167. The minimum Gasteiger partial charge on any atom is -0.366 e. The Morgan fingerprint density at radius 2 is 2.17 bits per heavy atom. The molecule has 94 valence electrons. The number of urea groups is 1. The summed E-state index contributed by atoms with van der Waals surface area (Å²) in [5, 5.41) is 5.23. The molecule has 1 aliphatic rings. The quantitative estimate of drug-likeness (QED) is 0.774. The number of primary amides is 1. The average molecular weight is 310 g/mol. The van der Waals surface area contributed by atoms with Crippen LogP contribution in [-0.2, 0) is 4.79 Å². The third-order valence-corrected chi connectivity index (χ3v) is 3.21. The van der Waals surface area contributed by atoms with Crippen molar-refractivity contribution in [1.29, 1.82) is 0 Å². The van der Waals surface area contributed by atoms with Gasteiger partial charge in [0.1, 0.15) is 0 Å². The highest BCUT2D eigenvalue weighted by Gasteiger charge is 2.29. The van der Waals surface area contributed by atoms with Gasteiger partial charge in [-0.15, -0.1) is 0 Å². The normalized spacial score (nSPS) is 19.2. The van der Waals surface area contributed by atoms with Crippen molar-refractivity contribution in [2.45, 2.75) is 13.0 Å². The molecule has 0 saturated carbocycles. The summed E-state index contributed by atoms with van der Waals surface area (Å²) in [5.74, 6) is -0.551. The molecule has 1 atom stereocenters. The van der Waals surface area contributed by atoms with Gasteiger partial charge < -0.3 is 16.4 Å². The number of halogens is 1. The number of allylic oxidation sites excluding steroid dienone is 1. The van der Waals surface area contributed by atoms with Crippen molar-refractivity contribution >= 4 is 27.9 Å². The first-order chi connectivity index (χ1) is 8.49. The van der Waals surface area contributed by atoms with Crippen LogP contribution in [0.1, 0.15) is 18.5 Å². The largest absolute Gasteiger partial charge is 0.366 e. The van der Waals surface area contributed by atoms with E-state index in [0.717, 1.165) is 10.0 Å². The van der Waals surface area contributed by atoms with E-state index in [1.165, 1.54) is 0 Å². The highest BCUT2D eigenvalue weighted by Crippen LogP contribution is 2.27. The molecule has 2 rings (SSSR count). The molecule has 1 heterocycles. The highest BCUT2D eigenvalue weighted by atomic mass is 79.9. The maximum atomic E-state index is 11.5. The van der Waals surface area contributed by atoms with Gasteiger partial charge in [-0.3, -0.25) is 4.79 Å². The minimum atomic E-state index is -0.551. The maximum Gasteiger partial charge on any atom is 0.319 e. The lowest BCUT2D eigenvalue weighted by Crippen LogP contribution is -2.46. The number of nitrogens with two attached hydrogens (primary N) is 1. The van der Waals surface area contributed by atoms with Gasteiger partial charge in [0.15, 0.2) is 0 Å². The maximum absolute atomic E-state index is 11.5. The number of carbonyl (C=O) groups excluding carboxylic acids is 2. The topological polar surface area (TPSA) is 84.2 Å². The first-order valence-corrected chi connectivity index (χ1v) is 6.12. The molecule has 0 aliphatic carbocycles. The predicted octanol–water partition coefficient (Wildman–Crippen LogP) is 1.56. The second-order valence-electron chi connectivity index (χ2n) is 3.99. The van der Waals surface area contributed by atoms with Crippen molar-refractivity contribution in [2.75, 3.05) is 0 Å².